The Morgan fingerprint density at radius 1 is 1.07 bits per heavy atom. The van der Waals surface area contributed by atoms with Crippen LogP contribution in [0.5, 0.6) is 0 Å². The third kappa shape index (κ3) is 3.46. The second-order valence-corrected chi connectivity index (χ2v) is 6.72. The van der Waals surface area contributed by atoms with E-state index >= 15 is 0 Å². The zero-order valence-electron chi connectivity index (χ0n) is 15.3. The molecule has 7 heteroatoms. The van der Waals surface area contributed by atoms with Gasteiger partial charge < -0.3 is 14.6 Å². The average Bonchev–Trinajstić information content (AvgIpc) is 3.03. The standard InChI is InChI=1S/C21H19N3O4/c1-14-6-8-16(9-7-14)24-11-10-23(21(24)27)13-19(25)22-17-12-15-4-2-3-5-18(15)28-20(17)26/h2-9,12H,10-11,13H2,1H3,(H,22,25). The summed E-state index contributed by atoms with van der Waals surface area (Å²) in [6.07, 6.45) is 0. The van der Waals surface area contributed by atoms with E-state index in [0.717, 1.165) is 11.3 Å². The monoisotopic (exact) mass is 377 g/mol. The number of anilines is 2. The zero-order valence-corrected chi connectivity index (χ0v) is 15.3. The van der Waals surface area contributed by atoms with Crippen LogP contribution in [0.4, 0.5) is 16.2 Å². The summed E-state index contributed by atoms with van der Waals surface area (Å²) in [5.41, 5.74) is 1.80. The second-order valence-electron chi connectivity index (χ2n) is 6.72. The number of hydrogen-bond acceptors (Lipinski definition) is 4. The minimum absolute atomic E-state index is 0.0609. The summed E-state index contributed by atoms with van der Waals surface area (Å²) in [6.45, 7) is 2.79. The first-order valence-electron chi connectivity index (χ1n) is 8.97. The molecule has 0 atom stereocenters. The fourth-order valence-corrected chi connectivity index (χ4v) is 3.21. The lowest BCUT2D eigenvalue weighted by molar-refractivity contribution is -0.116. The van der Waals surface area contributed by atoms with Gasteiger partial charge in [0.25, 0.3) is 0 Å². The highest BCUT2D eigenvalue weighted by Gasteiger charge is 2.30. The third-order valence-corrected chi connectivity index (χ3v) is 4.69. The van der Waals surface area contributed by atoms with E-state index in [1.54, 1.807) is 29.2 Å². The number of benzene rings is 2. The van der Waals surface area contributed by atoms with Gasteiger partial charge in [0.15, 0.2) is 0 Å². The molecule has 2 heterocycles. The van der Waals surface area contributed by atoms with E-state index < -0.39 is 11.5 Å². The summed E-state index contributed by atoms with van der Waals surface area (Å²) in [7, 11) is 0. The first-order chi connectivity index (χ1) is 13.5. The number of fused-ring (bicyclic) bond motifs is 1. The number of aryl methyl sites for hydroxylation is 1. The molecule has 0 aliphatic carbocycles. The van der Waals surface area contributed by atoms with Crippen molar-refractivity contribution in [1.82, 2.24) is 4.90 Å². The molecule has 142 valence electrons. The Labute approximate surface area is 161 Å². The molecule has 0 spiro atoms. The molecule has 1 aliphatic heterocycles. The van der Waals surface area contributed by atoms with Crippen LogP contribution < -0.4 is 15.8 Å². The molecular weight excluding hydrogens is 358 g/mol. The zero-order chi connectivity index (χ0) is 19.7. The number of hydrogen-bond donors (Lipinski definition) is 1. The Morgan fingerprint density at radius 2 is 1.82 bits per heavy atom. The van der Waals surface area contributed by atoms with Crippen molar-refractivity contribution in [1.29, 1.82) is 0 Å². The highest BCUT2D eigenvalue weighted by molar-refractivity contribution is 5.99. The molecule has 2 aromatic carbocycles. The van der Waals surface area contributed by atoms with Gasteiger partial charge in [-0.1, -0.05) is 35.9 Å². The number of amides is 3. The molecule has 3 aromatic rings. The molecule has 0 radical (unpaired) electrons. The summed E-state index contributed by atoms with van der Waals surface area (Å²) in [5.74, 6) is -0.443. The van der Waals surface area contributed by atoms with E-state index in [4.69, 9.17) is 4.42 Å². The Bertz CT molecular complexity index is 1100. The molecule has 0 bridgehead atoms. The lowest BCUT2D eigenvalue weighted by Crippen LogP contribution is -2.37. The van der Waals surface area contributed by atoms with Crippen molar-refractivity contribution in [2.75, 3.05) is 29.9 Å². The number of carbonyl (C=O) groups is 2. The molecule has 7 nitrogen and oxygen atoms in total. The first kappa shape index (κ1) is 17.8. The minimum Gasteiger partial charge on any atom is -0.421 e. The minimum atomic E-state index is -0.624. The van der Waals surface area contributed by atoms with Crippen LogP contribution in [-0.4, -0.2) is 36.5 Å². The number of carbonyl (C=O) groups excluding carboxylic acids is 2. The molecule has 1 fully saturated rings. The van der Waals surface area contributed by atoms with Gasteiger partial charge in [0, 0.05) is 24.2 Å². The molecule has 1 saturated heterocycles. The Kier molecular flexibility index (Phi) is 4.57. The molecule has 3 amide bonds. The largest absolute Gasteiger partial charge is 0.421 e. The summed E-state index contributed by atoms with van der Waals surface area (Å²) in [5, 5.41) is 3.26. The number of para-hydroxylation sites is 1. The summed E-state index contributed by atoms with van der Waals surface area (Å²) >= 11 is 0. The highest BCUT2D eigenvalue weighted by Crippen LogP contribution is 2.21. The molecule has 4 rings (SSSR count). The molecule has 0 unspecified atom stereocenters. The van der Waals surface area contributed by atoms with Crippen LogP contribution in [0.2, 0.25) is 0 Å². The van der Waals surface area contributed by atoms with Crippen molar-refractivity contribution >= 4 is 34.3 Å². The van der Waals surface area contributed by atoms with Crippen LogP contribution in [0.25, 0.3) is 11.0 Å². The normalized spacial score (nSPS) is 14.0. The van der Waals surface area contributed by atoms with Gasteiger partial charge in [0.05, 0.1) is 0 Å². The Morgan fingerprint density at radius 3 is 2.61 bits per heavy atom. The molecular formula is C21H19N3O4. The SMILES string of the molecule is Cc1ccc(N2CCN(CC(=O)Nc3cc4ccccc4oc3=O)C2=O)cc1. The van der Waals surface area contributed by atoms with E-state index in [9.17, 15) is 14.4 Å². The van der Waals surface area contributed by atoms with Crippen molar-refractivity contribution in [3.05, 3.63) is 70.6 Å². The van der Waals surface area contributed by atoms with E-state index in [-0.39, 0.29) is 18.3 Å². The lowest BCUT2D eigenvalue weighted by Gasteiger charge is -2.18. The maximum atomic E-state index is 12.6. The second kappa shape index (κ2) is 7.19. The quantitative estimate of drug-likeness (QED) is 0.709. The highest BCUT2D eigenvalue weighted by atomic mass is 16.4. The van der Waals surface area contributed by atoms with Crippen LogP contribution >= 0.6 is 0 Å². The average molecular weight is 377 g/mol. The Balaban J connectivity index is 1.44. The first-order valence-corrected chi connectivity index (χ1v) is 8.97. The van der Waals surface area contributed by atoms with Crippen molar-refractivity contribution in [2.45, 2.75) is 6.92 Å². The van der Waals surface area contributed by atoms with Crippen molar-refractivity contribution in [2.24, 2.45) is 0 Å². The fraction of sp³-hybridized carbons (Fsp3) is 0.190. The van der Waals surface area contributed by atoms with Crippen LogP contribution in [0, 0.1) is 6.92 Å². The van der Waals surface area contributed by atoms with E-state index in [2.05, 4.69) is 5.32 Å². The summed E-state index contributed by atoms with van der Waals surface area (Å²) in [4.78, 5) is 40.2. The lowest BCUT2D eigenvalue weighted by atomic mass is 10.2. The van der Waals surface area contributed by atoms with E-state index in [1.807, 2.05) is 37.3 Å². The maximum Gasteiger partial charge on any atom is 0.360 e. The van der Waals surface area contributed by atoms with Crippen LogP contribution in [-0.2, 0) is 4.79 Å². The van der Waals surface area contributed by atoms with Crippen molar-refractivity contribution in [3.8, 4) is 0 Å². The molecule has 28 heavy (non-hydrogen) atoms. The molecule has 0 saturated carbocycles. The van der Waals surface area contributed by atoms with Crippen LogP contribution in [0.15, 0.2) is 63.8 Å². The molecule has 1 aromatic heterocycles. The topological polar surface area (TPSA) is 82.9 Å². The third-order valence-electron chi connectivity index (χ3n) is 4.69. The van der Waals surface area contributed by atoms with Crippen molar-refractivity contribution in [3.63, 3.8) is 0 Å². The van der Waals surface area contributed by atoms with Gasteiger partial charge >= 0.3 is 11.7 Å². The van der Waals surface area contributed by atoms with Crippen LogP contribution in [0.1, 0.15) is 5.56 Å². The predicted molar refractivity (Wildman–Crippen MR) is 107 cm³/mol. The number of nitrogens with one attached hydrogen (secondary N) is 1. The summed E-state index contributed by atoms with van der Waals surface area (Å²) in [6, 6.07) is 16.1. The van der Waals surface area contributed by atoms with Gasteiger partial charge in [-0.25, -0.2) is 9.59 Å². The summed E-state index contributed by atoms with van der Waals surface area (Å²) < 4.78 is 5.21. The van der Waals surface area contributed by atoms with Gasteiger partial charge in [0.2, 0.25) is 5.91 Å². The Hall–Kier alpha value is -3.61. The van der Waals surface area contributed by atoms with Gasteiger partial charge in [-0.2, -0.15) is 0 Å². The van der Waals surface area contributed by atoms with Crippen molar-refractivity contribution < 1.29 is 14.0 Å². The van der Waals surface area contributed by atoms with Gasteiger partial charge in [-0.15, -0.1) is 0 Å². The smallest absolute Gasteiger partial charge is 0.360 e. The number of rotatable bonds is 4. The predicted octanol–water partition coefficient (Wildman–Crippen LogP) is 2.98. The van der Waals surface area contributed by atoms with Gasteiger partial charge in [-0.05, 0) is 31.2 Å². The van der Waals surface area contributed by atoms with Gasteiger partial charge in [0.1, 0.15) is 17.8 Å². The van der Waals surface area contributed by atoms with E-state index in [1.165, 1.54) is 4.90 Å². The fourth-order valence-electron chi connectivity index (χ4n) is 3.21. The van der Waals surface area contributed by atoms with E-state index in [0.29, 0.717) is 24.1 Å². The molecule has 1 aliphatic rings. The van der Waals surface area contributed by atoms with Gasteiger partial charge in [-0.3, -0.25) is 9.69 Å². The number of urea groups is 1. The molecule has 1 N–H and O–H groups in total. The van der Waals surface area contributed by atoms with Crippen LogP contribution in [0.3, 0.4) is 0 Å². The maximum absolute atomic E-state index is 12.6. The number of nitrogens with zero attached hydrogens (tertiary/aromatic N) is 2.